The number of carboxylic acid groups (broad SMARTS) is 1. The van der Waals surface area contributed by atoms with Crippen LogP contribution >= 0.6 is 0 Å². The summed E-state index contributed by atoms with van der Waals surface area (Å²) in [5.41, 5.74) is 0.683. The quantitative estimate of drug-likeness (QED) is 0.889. The van der Waals surface area contributed by atoms with Gasteiger partial charge in [0.15, 0.2) is 5.76 Å². The van der Waals surface area contributed by atoms with Crippen molar-refractivity contribution < 1.29 is 23.9 Å². The lowest BCUT2D eigenvalue weighted by Gasteiger charge is -2.34. The third-order valence-corrected chi connectivity index (χ3v) is 3.62. The van der Waals surface area contributed by atoms with Gasteiger partial charge in [-0.2, -0.15) is 0 Å². The molecule has 2 heterocycles. The van der Waals surface area contributed by atoms with Gasteiger partial charge in [0.1, 0.15) is 6.04 Å². The molecule has 0 saturated carbocycles. The zero-order chi connectivity index (χ0) is 16.4. The van der Waals surface area contributed by atoms with Crippen molar-refractivity contribution >= 4 is 17.8 Å². The summed E-state index contributed by atoms with van der Waals surface area (Å²) in [4.78, 5) is 37.1. The number of rotatable bonds is 3. The highest BCUT2D eigenvalue weighted by Crippen LogP contribution is 2.25. The van der Waals surface area contributed by atoms with Gasteiger partial charge in [-0.25, -0.2) is 4.79 Å². The fraction of sp³-hybridized carbons (Fsp3) is 0.188. The molecule has 7 nitrogen and oxygen atoms in total. The van der Waals surface area contributed by atoms with Crippen LogP contribution in [-0.4, -0.2) is 40.9 Å². The molecule has 1 atom stereocenters. The number of carbonyl (C=O) groups is 3. The Labute approximate surface area is 131 Å². The van der Waals surface area contributed by atoms with Gasteiger partial charge in [0.25, 0.3) is 5.91 Å². The number of hydrogen-bond donors (Lipinski definition) is 2. The van der Waals surface area contributed by atoms with Crippen LogP contribution in [0.1, 0.15) is 32.7 Å². The van der Waals surface area contributed by atoms with Gasteiger partial charge in [-0.15, -0.1) is 0 Å². The highest BCUT2D eigenvalue weighted by atomic mass is 16.4. The molecule has 1 aliphatic heterocycles. The van der Waals surface area contributed by atoms with Gasteiger partial charge in [0, 0.05) is 13.1 Å². The number of carboxylic acids is 1. The number of nitrogens with zero attached hydrogens (tertiary/aromatic N) is 1. The molecule has 1 saturated heterocycles. The molecule has 1 aliphatic rings. The Kier molecular flexibility index (Phi) is 3.84. The van der Waals surface area contributed by atoms with E-state index in [9.17, 15) is 14.4 Å². The lowest BCUT2D eigenvalue weighted by atomic mass is 10.0. The number of carbonyl (C=O) groups excluding carboxylic acids is 2. The molecule has 2 amide bonds. The molecule has 1 aromatic heterocycles. The SMILES string of the molecule is O=C(O)c1ccc(C(=O)N2CCNC(=O)[C@@H]2c2ccccc2)o1. The Hall–Kier alpha value is -3.09. The fourth-order valence-electron chi connectivity index (χ4n) is 2.56. The normalized spacial score (nSPS) is 17.7. The van der Waals surface area contributed by atoms with Crippen molar-refractivity contribution in [3.05, 3.63) is 59.5 Å². The summed E-state index contributed by atoms with van der Waals surface area (Å²) in [6.07, 6.45) is 0. The number of benzene rings is 1. The van der Waals surface area contributed by atoms with E-state index in [1.54, 1.807) is 24.3 Å². The summed E-state index contributed by atoms with van der Waals surface area (Å²) in [5.74, 6) is -2.45. The molecule has 0 bridgehead atoms. The van der Waals surface area contributed by atoms with Crippen LogP contribution in [-0.2, 0) is 4.79 Å². The number of piperazine rings is 1. The maximum Gasteiger partial charge on any atom is 0.371 e. The van der Waals surface area contributed by atoms with Gasteiger partial charge in [-0.3, -0.25) is 9.59 Å². The standard InChI is InChI=1S/C16H14N2O5/c19-14-13(10-4-2-1-3-5-10)18(9-8-17-14)15(20)11-6-7-12(23-11)16(21)22/h1-7,13H,8-9H2,(H,17,19)(H,21,22)/t13-/m0/s1. The molecule has 0 spiro atoms. The van der Waals surface area contributed by atoms with Crippen LogP contribution < -0.4 is 5.32 Å². The van der Waals surface area contributed by atoms with Gasteiger partial charge in [-0.1, -0.05) is 30.3 Å². The van der Waals surface area contributed by atoms with Crippen molar-refractivity contribution in [2.45, 2.75) is 6.04 Å². The number of furan rings is 1. The zero-order valence-corrected chi connectivity index (χ0v) is 12.1. The summed E-state index contributed by atoms with van der Waals surface area (Å²) in [7, 11) is 0. The van der Waals surface area contributed by atoms with Crippen LogP contribution in [0.4, 0.5) is 0 Å². The minimum absolute atomic E-state index is 0.0990. The van der Waals surface area contributed by atoms with Gasteiger partial charge in [-0.05, 0) is 17.7 Å². The lowest BCUT2D eigenvalue weighted by molar-refractivity contribution is -0.128. The second-order valence-corrected chi connectivity index (χ2v) is 5.07. The minimum atomic E-state index is -1.25. The molecule has 2 aromatic rings. The van der Waals surface area contributed by atoms with Crippen molar-refractivity contribution in [2.75, 3.05) is 13.1 Å². The first-order valence-electron chi connectivity index (χ1n) is 7.04. The summed E-state index contributed by atoms with van der Waals surface area (Å²) in [6, 6.07) is 10.7. The Balaban J connectivity index is 1.93. The first-order chi connectivity index (χ1) is 11.1. The van der Waals surface area contributed by atoms with Crippen molar-refractivity contribution in [1.29, 1.82) is 0 Å². The zero-order valence-electron chi connectivity index (χ0n) is 12.1. The molecule has 7 heteroatoms. The highest BCUT2D eigenvalue weighted by molar-refractivity contribution is 5.97. The molecule has 1 aromatic carbocycles. The Morgan fingerprint density at radius 3 is 2.48 bits per heavy atom. The second-order valence-electron chi connectivity index (χ2n) is 5.07. The third-order valence-electron chi connectivity index (χ3n) is 3.62. The van der Waals surface area contributed by atoms with E-state index < -0.39 is 17.9 Å². The average Bonchev–Trinajstić information content (AvgIpc) is 3.05. The van der Waals surface area contributed by atoms with Crippen LogP contribution in [0.25, 0.3) is 0 Å². The van der Waals surface area contributed by atoms with Crippen LogP contribution in [0.3, 0.4) is 0 Å². The summed E-state index contributed by atoms with van der Waals surface area (Å²) < 4.78 is 5.06. The lowest BCUT2D eigenvalue weighted by Crippen LogP contribution is -2.52. The van der Waals surface area contributed by atoms with E-state index in [2.05, 4.69) is 5.32 Å². The minimum Gasteiger partial charge on any atom is -0.475 e. The topological polar surface area (TPSA) is 99.9 Å². The molecule has 1 fully saturated rings. The van der Waals surface area contributed by atoms with E-state index >= 15 is 0 Å². The van der Waals surface area contributed by atoms with Crippen molar-refractivity contribution in [3.8, 4) is 0 Å². The van der Waals surface area contributed by atoms with E-state index in [4.69, 9.17) is 9.52 Å². The van der Waals surface area contributed by atoms with E-state index in [0.717, 1.165) is 0 Å². The second kappa shape index (κ2) is 5.96. The number of amides is 2. The molecular formula is C16H14N2O5. The molecule has 2 N–H and O–H groups in total. The van der Waals surface area contributed by atoms with Gasteiger partial charge < -0.3 is 19.7 Å². The van der Waals surface area contributed by atoms with Crippen molar-refractivity contribution in [1.82, 2.24) is 10.2 Å². The van der Waals surface area contributed by atoms with Crippen LogP contribution in [0.5, 0.6) is 0 Å². The molecular weight excluding hydrogens is 300 g/mol. The van der Waals surface area contributed by atoms with Gasteiger partial charge >= 0.3 is 5.97 Å². The van der Waals surface area contributed by atoms with Gasteiger partial charge in [0.2, 0.25) is 11.7 Å². The largest absolute Gasteiger partial charge is 0.475 e. The number of hydrogen-bond acceptors (Lipinski definition) is 4. The van der Waals surface area contributed by atoms with Crippen LogP contribution in [0.15, 0.2) is 46.9 Å². The highest BCUT2D eigenvalue weighted by Gasteiger charge is 2.36. The van der Waals surface area contributed by atoms with E-state index in [0.29, 0.717) is 18.7 Å². The van der Waals surface area contributed by atoms with Crippen LogP contribution in [0.2, 0.25) is 0 Å². The van der Waals surface area contributed by atoms with Crippen molar-refractivity contribution in [2.24, 2.45) is 0 Å². The first kappa shape index (κ1) is 14.8. The van der Waals surface area contributed by atoms with Gasteiger partial charge in [0.05, 0.1) is 0 Å². The molecule has 0 unspecified atom stereocenters. The summed E-state index contributed by atoms with van der Waals surface area (Å²) >= 11 is 0. The third kappa shape index (κ3) is 2.80. The molecule has 0 radical (unpaired) electrons. The summed E-state index contributed by atoms with van der Waals surface area (Å²) in [6.45, 7) is 0.646. The summed E-state index contributed by atoms with van der Waals surface area (Å²) in [5, 5.41) is 11.6. The predicted octanol–water partition coefficient (Wildman–Crippen LogP) is 1.29. The monoisotopic (exact) mass is 314 g/mol. The number of nitrogens with one attached hydrogen (secondary N) is 1. The fourth-order valence-corrected chi connectivity index (χ4v) is 2.56. The van der Waals surface area contributed by atoms with E-state index in [1.807, 2.05) is 6.07 Å². The molecule has 0 aliphatic carbocycles. The van der Waals surface area contributed by atoms with Crippen LogP contribution in [0, 0.1) is 0 Å². The van der Waals surface area contributed by atoms with Crippen molar-refractivity contribution in [3.63, 3.8) is 0 Å². The Morgan fingerprint density at radius 2 is 1.83 bits per heavy atom. The molecule has 23 heavy (non-hydrogen) atoms. The Morgan fingerprint density at radius 1 is 1.13 bits per heavy atom. The van der Waals surface area contributed by atoms with E-state index in [-0.39, 0.29) is 17.4 Å². The molecule has 3 rings (SSSR count). The smallest absolute Gasteiger partial charge is 0.371 e. The first-order valence-corrected chi connectivity index (χ1v) is 7.04. The number of aromatic carboxylic acids is 1. The average molecular weight is 314 g/mol. The maximum atomic E-state index is 12.6. The predicted molar refractivity (Wildman–Crippen MR) is 78.9 cm³/mol. The maximum absolute atomic E-state index is 12.6. The Bertz CT molecular complexity index is 753. The van der Waals surface area contributed by atoms with E-state index in [1.165, 1.54) is 17.0 Å². The molecule has 118 valence electrons.